The number of carboxylic acids is 2. The summed E-state index contributed by atoms with van der Waals surface area (Å²) in [6, 6.07) is -1.96. The number of carbonyl (C=O) groups is 3. The smallest absolute Gasteiger partial charge is 0.326 e. The minimum Gasteiger partial charge on any atom is -0.481 e. The van der Waals surface area contributed by atoms with Gasteiger partial charge in [-0.1, -0.05) is 0 Å². The molecule has 20 heavy (non-hydrogen) atoms. The van der Waals surface area contributed by atoms with Gasteiger partial charge in [-0.2, -0.15) is 0 Å². The van der Waals surface area contributed by atoms with Crippen molar-refractivity contribution < 1.29 is 34.1 Å². The average molecular weight is 292 g/mol. The molecule has 2 amide bonds. The highest BCUT2D eigenvalue weighted by atomic mass is 16.5. The molecule has 0 aromatic rings. The Morgan fingerprint density at radius 3 is 2.30 bits per heavy atom. The molecule has 2 atom stereocenters. The number of rotatable bonds is 10. The van der Waals surface area contributed by atoms with E-state index in [9.17, 15) is 14.4 Å². The van der Waals surface area contributed by atoms with Crippen LogP contribution in [0.2, 0.25) is 0 Å². The van der Waals surface area contributed by atoms with E-state index in [-0.39, 0.29) is 32.1 Å². The number of hydrogen-bond acceptors (Lipinski definition) is 5. The molecule has 2 unspecified atom stereocenters. The monoisotopic (exact) mass is 292 g/mol. The summed E-state index contributed by atoms with van der Waals surface area (Å²) >= 11 is 0. The van der Waals surface area contributed by atoms with Crippen molar-refractivity contribution in [2.45, 2.75) is 25.0 Å². The summed E-state index contributed by atoms with van der Waals surface area (Å²) in [6.07, 6.45) is -0.890. The summed E-state index contributed by atoms with van der Waals surface area (Å²) in [5, 5.41) is 22.0. The molecule has 9 nitrogen and oxygen atoms in total. The number of carboxylic acid groups (broad SMARTS) is 2. The first kappa shape index (κ1) is 18.1. The lowest BCUT2D eigenvalue weighted by Gasteiger charge is -2.17. The normalized spacial score (nSPS) is 13.3. The first-order chi connectivity index (χ1) is 9.40. The van der Waals surface area contributed by atoms with Crippen molar-refractivity contribution in [1.29, 1.82) is 0 Å². The predicted octanol–water partition coefficient (Wildman–Crippen LogP) is -0.735. The van der Waals surface area contributed by atoms with Gasteiger partial charge in [-0.3, -0.25) is 4.79 Å². The van der Waals surface area contributed by atoms with Gasteiger partial charge in [0.05, 0.1) is 12.7 Å². The van der Waals surface area contributed by atoms with Gasteiger partial charge in [0.25, 0.3) is 0 Å². The van der Waals surface area contributed by atoms with Gasteiger partial charge in [-0.25, -0.2) is 9.59 Å². The Hall–Kier alpha value is -1.87. The van der Waals surface area contributed by atoms with Crippen molar-refractivity contribution in [3.63, 3.8) is 0 Å². The summed E-state index contributed by atoms with van der Waals surface area (Å²) in [6.45, 7) is 0.416. The number of amides is 2. The third-order valence-electron chi connectivity index (χ3n) is 2.43. The number of carbonyl (C=O) groups excluding carboxylic acids is 1. The summed E-state index contributed by atoms with van der Waals surface area (Å²) in [5.74, 6) is -2.42. The predicted molar refractivity (Wildman–Crippen MR) is 67.5 cm³/mol. The highest BCUT2D eigenvalue weighted by Crippen LogP contribution is 1.98. The summed E-state index contributed by atoms with van der Waals surface area (Å²) in [7, 11) is 2.94. The average Bonchev–Trinajstić information content (AvgIpc) is 2.38. The fourth-order valence-corrected chi connectivity index (χ4v) is 1.34. The molecule has 0 spiro atoms. The minimum absolute atomic E-state index is 0.140. The SMILES string of the molecule is COCC(CNC(=O)NC(CCC(=O)O)C(=O)O)OC. The Bertz CT molecular complexity index is 335. The standard InChI is InChI=1S/C11H20N2O7/c1-19-6-7(20-2)5-12-11(18)13-8(10(16)17)3-4-9(14)15/h7-8H,3-6H2,1-2H3,(H,14,15)(H,16,17)(H2,12,13,18). The summed E-state index contributed by atoms with van der Waals surface area (Å²) in [4.78, 5) is 32.7. The van der Waals surface area contributed by atoms with Gasteiger partial charge in [-0.05, 0) is 6.42 Å². The van der Waals surface area contributed by atoms with Crippen LogP contribution in [-0.2, 0) is 19.1 Å². The molecule has 0 saturated heterocycles. The molecule has 0 aliphatic carbocycles. The number of ether oxygens (including phenoxy) is 2. The molecular formula is C11H20N2O7. The van der Waals surface area contributed by atoms with Crippen LogP contribution in [0.25, 0.3) is 0 Å². The lowest BCUT2D eigenvalue weighted by atomic mass is 10.1. The molecule has 9 heteroatoms. The quantitative estimate of drug-likeness (QED) is 0.417. The molecule has 0 saturated carbocycles. The zero-order valence-electron chi connectivity index (χ0n) is 11.4. The van der Waals surface area contributed by atoms with Gasteiger partial charge in [0.2, 0.25) is 0 Å². The maximum atomic E-state index is 11.5. The van der Waals surface area contributed by atoms with E-state index in [0.717, 1.165) is 0 Å². The van der Waals surface area contributed by atoms with Gasteiger partial charge < -0.3 is 30.3 Å². The van der Waals surface area contributed by atoms with Crippen LogP contribution in [0.3, 0.4) is 0 Å². The molecule has 4 N–H and O–H groups in total. The Morgan fingerprint density at radius 1 is 1.20 bits per heavy atom. The van der Waals surface area contributed by atoms with E-state index in [4.69, 9.17) is 19.7 Å². The Labute approximate surface area is 116 Å². The molecule has 0 aromatic carbocycles. The Morgan fingerprint density at radius 2 is 1.85 bits per heavy atom. The van der Waals surface area contributed by atoms with E-state index in [1.807, 2.05) is 0 Å². The minimum atomic E-state index is -1.29. The van der Waals surface area contributed by atoms with Crippen molar-refractivity contribution in [2.75, 3.05) is 27.4 Å². The maximum Gasteiger partial charge on any atom is 0.326 e. The highest BCUT2D eigenvalue weighted by Gasteiger charge is 2.21. The number of aliphatic carboxylic acids is 2. The van der Waals surface area contributed by atoms with Gasteiger partial charge >= 0.3 is 18.0 Å². The molecule has 0 aliphatic heterocycles. The third-order valence-corrected chi connectivity index (χ3v) is 2.43. The van der Waals surface area contributed by atoms with Crippen LogP contribution in [0.4, 0.5) is 4.79 Å². The first-order valence-electron chi connectivity index (χ1n) is 5.91. The van der Waals surface area contributed by atoms with Crippen LogP contribution < -0.4 is 10.6 Å². The molecule has 0 rings (SSSR count). The van der Waals surface area contributed by atoms with E-state index in [1.54, 1.807) is 0 Å². The fourth-order valence-electron chi connectivity index (χ4n) is 1.34. The second-order valence-corrected chi connectivity index (χ2v) is 3.99. The number of nitrogens with one attached hydrogen (secondary N) is 2. The summed E-state index contributed by atoms with van der Waals surface area (Å²) in [5.41, 5.74) is 0. The molecule has 0 aliphatic rings. The zero-order chi connectivity index (χ0) is 15.5. The maximum absolute atomic E-state index is 11.5. The number of urea groups is 1. The molecule has 0 bridgehead atoms. The lowest BCUT2D eigenvalue weighted by molar-refractivity contribution is -0.140. The van der Waals surface area contributed by atoms with Crippen LogP contribution in [-0.4, -0.2) is 67.7 Å². The second-order valence-electron chi connectivity index (χ2n) is 3.99. The molecule has 0 fully saturated rings. The lowest BCUT2D eigenvalue weighted by Crippen LogP contribution is -2.48. The van der Waals surface area contributed by atoms with E-state index in [1.165, 1.54) is 14.2 Å². The van der Waals surface area contributed by atoms with Crippen LogP contribution in [0.15, 0.2) is 0 Å². The van der Waals surface area contributed by atoms with Gasteiger partial charge in [-0.15, -0.1) is 0 Å². The number of hydrogen-bond donors (Lipinski definition) is 4. The van der Waals surface area contributed by atoms with Gasteiger partial charge in [0.1, 0.15) is 6.04 Å². The molecule has 0 heterocycles. The Balaban J connectivity index is 4.18. The van der Waals surface area contributed by atoms with E-state index in [2.05, 4.69) is 10.6 Å². The van der Waals surface area contributed by atoms with Crippen molar-refractivity contribution in [1.82, 2.24) is 10.6 Å². The largest absolute Gasteiger partial charge is 0.481 e. The summed E-state index contributed by atoms with van der Waals surface area (Å²) < 4.78 is 9.87. The van der Waals surface area contributed by atoms with Gasteiger partial charge in [0, 0.05) is 27.2 Å². The fraction of sp³-hybridized carbons (Fsp3) is 0.727. The molecule has 116 valence electrons. The Kier molecular flexibility index (Phi) is 9.05. The zero-order valence-corrected chi connectivity index (χ0v) is 11.4. The van der Waals surface area contributed by atoms with Crippen LogP contribution in [0.1, 0.15) is 12.8 Å². The van der Waals surface area contributed by atoms with E-state index in [0.29, 0.717) is 0 Å². The van der Waals surface area contributed by atoms with Crippen LogP contribution >= 0.6 is 0 Å². The van der Waals surface area contributed by atoms with Crippen molar-refractivity contribution in [3.05, 3.63) is 0 Å². The van der Waals surface area contributed by atoms with Gasteiger partial charge in [0.15, 0.2) is 0 Å². The van der Waals surface area contributed by atoms with Crippen molar-refractivity contribution in [3.8, 4) is 0 Å². The van der Waals surface area contributed by atoms with E-state index >= 15 is 0 Å². The van der Waals surface area contributed by atoms with E-state index < -0.39 is 24.0 Å². The van der Waals surface area contributed by atoms with Crippen molar-refractivity contribution in [2.24, 2.45) is 0 Å². The highest BCUT2D eigenvalue weighted by molar-refractivity contribution is 5.82. The topological polar surface area (TPSA) is 134 Å². The van der Waals surface area contributed by atoms with Crippen LogP contribution in [0.5, 0.6) is 0 Å². The molecule has 0 aromatic heterocycles. The third kappa shape index (κ3) is 8.27. The molecular weight excluding hydrogens is 272 g/mol. The number of methoxy groups -OCH3 is 2. The van der Waals surface area contributed by atoms with Crippen molar-refractivity contribution >= 4 is 18.0 Å². The second kappa shape index (κ2) is 9.98. The first-order valence-corrected chi connectivity index (χ1v) is 5.91. The molecule has 0 radical (unpaired) electrons. The van der Waals surface area contributed by atoms with Crippen LogP contribution in [0, 0.1) is 0 Å².